The van der Waals surface area contributed by atoms with Crippen molar-refractivity contribution < 1.29 is 9.90 Å². The van der Waals surface area contributed by atoms with Gasteiger partial charge >= 0.3 is 5.97 Å². The second kappa shape index (κ2) is 6.90. The molecule has 0 saturated heterocycles. The van der Waals surface area contributed by atoms with E-state index in [-0.39, 0.29) is 12.3 Å². The number of alkyl halides is 1. The summed E-state index contributed by atoms with van der Waals surface area (Å²) in [5, 5.41) is 20.9. The van der Waals surface area contributed by atoms with E-state index in [9.17, 15) is 9.90 Å². The minimum absolute atomic E-state index is 0.0361. The number of aromatic nitrogens is 4. The standard InChI is InChI=1S/C19H17ClN4O2S/c1-10-15(9-21-19-17(10)22-23-24(19)2)14(7-16(25)26)12-5-11-3-4-27-18(11)13(6-12)8-20/h3-6,9,14H,7-8H2,1-2H3,(H,25,26)/t14-/m1/s1. The van der Waals surface area contributed by atoms with E-state index >= 15 is 0 Å². The second-order valence-corrected chi connectivity index (χ2v) is 7.71. The van der Waals surface area contributed by atoms with Crippen molar-refractivity contribution in [2.75, 3.05) is 0 Å². The molecule has 27 heavy (non-hydrogen) atoms. The number of aryl methyl sites for hydroxylation is 2. The summed E-state index contributed by atoms with van der Waals surface area (Å²) < 4.78 is 2.75. The van der Waals surface area contributed by atoms with Crippen molar-refractivity contribution >= 4 is 50.2 Å². The van der Waals surface area contributed by atoms with E-state index < -0.39 is 5.97 Å². The van der Waals surface area contributed by atoms with Crippen LogP contribution in [0.15, 0.2) is 29.8 Å². The molecular weight excluding hydrogens is 384 g/mol. The van der Waals surface area contributed by atoms with Gasteiger partial charge in [0, 0.05) is 29.7 Å². The zero-order chi connectivity index (χ0) is 19.1. The Balaban J connectivity index is 1.92. The molecule has 1 atom stereocenters. The van der Waals surface area contributed by atoms with Crippen LogP contribution in [0.4, 0.5) is 0 Å². The van der Waals surface area contributed by atoms with E-state index in [2.05, 4.69) is 21.4 Å². The molecule has 4 aromatic rings. The van der Waals surface area contributed by atoms with Crippen LogP contribution in [0.3, 0.4) is 0 Å². The zero-order valence-corrected chi connectivity index (χ0v) is 16.4. The topological polar surface area (TPSA) is 80.9 Å². The highest BCUT2D eigenvalue weighted by Crippen LogP contribution is 2.36. The summed E-state index contributed by atoms with van der Waals surface area (Å²) in [5.74, 6) is -0.824. The molecule has 138 valence electrons. The van der Waals surface area contributed by atoms with Gasteiger partial charge in [0.25, 0.3) is 0 Å². The summed E-state index contributed by atoms with van der Waals surface area (Å²) in [5.41, 5.74) is 5.06. The number of hydrogen-bond acceptors (Lipinski definition) is 5. The molecule has 8 heteroatoms. The molecule has 3 aromatic heterocycles. The van der Waals surface area contributed by atoms with Crippen LogP contribution >= 0.6 is 22.9 Å². The Hall–Kier alpha value is -2.51. The average Bonchev–Trinajstić information content (AvgIpc) is 3.26. The van der Waals surface area contributed by atoms with E-state index in [0.717, 1.165) is 32.3 Å². The first kappa shape index (κ1) is 17.9. The molecule has 3 heterocycles. The largest absolute Gasteiger partial charge is 0.481 e. The van der Waals surface area contributed by atoms with Gasteiger partial charge in [-0.05, 0) is 52.1 Å². The maximum atomic E-state index is 11.6. The Morgan fingerprint density at radius 1 is 1.41 bits per heavy atom. The second-order valence-electron chi connectivity index (χ2n) is 6.53. The highest BCUT2D eigenvalue weighted by atomic mass is 35.5. The monoisotopic (exact) mass is 400 g/mol. The lowest BCUT2D eigenvalue weighted by Gasteiger charge is -2.19. The summed E-state index contributed by atoms with van der Waals surface area (Å²) in [7, 11) is 1.79. The van der Waals surface area contributed by atoms with E-state index in [4.69, 9.17) is 11.6 Å². The lowest BCUT2D eigenvalue weighted by molar-refractivity contribution is -0.137. The number of aliphatic carboxylic acids is 1. The molecule has 1 N–H and O–H groups in total. The van der Waals surface area contributed by atoms with Crippen molar-refractivity contribution in [1.29, 1.82) is 0 Å². The van der Waals surface area contributed by atoms with Crippen LogP contribution in [0.25, 0.3) is 21.3 Å². The van der Waals surface area contributed by atoms with Gasteiger partial charge in [-0.3, -0.25) is 4.79 Å². The van der Waals surface area contributed by atoms with Crippen LogP contribution in [0.5, 0.6) is 0 Å². The van der Waals surface area contributed by atoms with Crippen LogP contribution < -0.4 is 0 Å². The van der Waals surface area contributed by atoms with Crippen molar-refractivity contribution in [3.8, 4) is 0 Å². The molecule has 0 aliphatic heterocycles. The van der Waals surface area contributed by atoms with Crippen molar-refractivity contribution in [3.63, 3.8) is 0 Å². The van der Waals surface area contributed by atoms with E-state index in [1.807, 2.05) is 24.4 Å². The van der Waals surface area contributed by atoms with Crippen LogP contribution in [0, 0.1) is 6.92 Å². The number of thiophene rings is 1. The van der Waals surface area contributed by atoms with E-state index in [1.165, 1.54) is 0 Å². The minimum atomic E-state index is -0.864. The Kier molecular flexibility index (Phi) is 4.57. The Labute approximate surface area is 164 Å². The number of halogens is 1. The smallest absolute Gasteiger partial charge is 0.304 e. The third-order valence-electron chi connectivity index (χ3n) is 4.86. The predicted molar refractivity (Wildman–Crippen MR) is 107 cm³/mol. The van der Waals surface area contributed by atoms with Crippen LogP contribution in [0.1, 0.15) is 34.6 Å². The summed E-state index contributed by atoms with van der Waals surface area (Å²) >= 11 is 7.80. The van der Waals surface area contributed by atoms with Gasteiger partial charge in [-0.25, -0.2) is 9.67 Å². The van der Waals surface area contributed by atoms with Crippen LogP contribution in [-0.2, 0) is 17.7 Å². The molecule has 0 bridgehead atoms. The molecule has 0 spiro atoms. The van der Waals surface area contributed by atoms with Gasteiger partial charge in [-0.2, -0.15) is 0 Å². The number of hydrogen-bond donors (Lipinski definition) is 1. The number of carbonyl (C=O) groups is 1. The van der Waals surface area contributed by atoms with E-state index in [0.29, 0.717) is 17.0 Å². The molecular formula is C19H17ClN4O2S. The number of rotatable bonds is 5. The summed E-state index contributed by atoms with van der Waals surface area (Å²) in [6.45, 7) is 1.94. The maximum absolute atomic E-state index is 11.6. The molecule has 0 fully saturated rings. The van der Waals surface area contributed by atoms with Gasteiger partial charge < -0.3 is 5.11 Å². The average molecular weight is 401 g/mol. The normalized spacial score (nSPS) is 12.7. The summed E-state index contributed by atoms with van der Waals surface area (Å²) in [6.07, 6.45) is 1.71. The molecule has 1 aromatic carbocycles. The zero-order valence-electron chi connectivity index (χ0n) is 14.8. The fourth-order valence-corrected chi connectivity index (χ4v) is 4.71. The number of pyridine rings is 1. The lowest BCUT2D eigenvalue weighted by Crippen LogP contribution is -2.11. The molecule has 0 unspecified atom stereocenters. The molecule has 6 nitrogen and oxygen atoms in total. The maximum Gasteiger partial charge on any atom is 0.304 e. The highest BCUT2D eigenvalue weighted by Gasteiger charge is 2.24. The Morgan fingerprint density at radius 3 is 2.96 bits per heavy atom. The van der Waals surface area contributed by atoms with Crippen molar-refractivity contribution in [2.45, 2.75) is 25.1 Å². The summed E-state index contributed by atoms with van der Waals surface area (Å²) in [4.78, 5) is 16.1. The van der Waals surface area contributed by atoms with Gasteiger partial charge in [0.2, 0.25) is 0 Å². The molecule has 0 radical (unpaired) electrons. The lowest BCUT2D eigenvalue weighted by atomic mass is 9.85. The van der Waals surface area contributed by atoms with Gasteiger partial charge in [-0.15, -0.1) is 28.0 Å². The van der Waals surface area contributed by atoms with Crippen LogP contribution in [-0.4, -0.2) is 31.1 Å². The fourth-order valence-electron chi connectivity index (χ4n) is 3.52. The summed E-state index contributed by atoms with van der Waals surface area (Å²) in [6, 6.07) is 6.10. The first-order valence-electron chi connectivity index (χ1n) is 8.42. The van der Waals surface area contributed by atoms with Crippen molar-refractivity contribution in [1.82, 2.24) is 20.0 Å². The molecule has 0 saturated carbocycles. The molecule has 0 aliphatic rings. The number of carboxylic acids is 1. The third-order valence-corrected chi connectivity index (χ3v) is 6.16. The number of fused-ring (bicyclic) bond motifs is 2. The number of carboxylic acid groups (broad SMARTS) is 1. The third kappa shape index (κ3) is 3.07. The SMILES string of the molecule is Cc1c([C@H](CC(=O)O)c2cc(CCl)c3sccc3c2)cnc2c1nnn2C. The highest BCUT2D eigenvalue weighted by molar-refractivity contribution is 7.17. The predicted octanol–water partition coefficient (Wildman–Crippen LogP) is 4.23. The molecule has 0 amide bonds. The quantitative estimate of drug-likeness (QED) is 0.507. The van der Waals surface area contributed by atoms with E-state index in [1.54, 1.807) is 29.3 Å². The molecule has 4 rings (SSSR count). The van der Waals surface area contributed by atoms with Crippen molar-refractivity contribution in [3.05, 3.63) is 52.0 Å². The Bertz CT molecular complexity index is 1170. The Morgan fingerprint density at radius 2 is 2.22 bits per heavy atom. The number of benzene rings is 1. The first-order chi connectivity index (χ1) is 13.0. The molecule has 0 aliphatic carbocycles. The van der Waals surface area contributed by atoms with Crippen molar-refractivity contribution in [2.24, 2.45) is 7.05 Å². The number of nitrogens with zero attached hydrogens (tertiary/aromatic N) is 4. The van der Waals surface area contributed by atoms with Crippen LogP contribution in [0.2, 0.25) is 0 Å². The van der Waals surface area contributed by atoms with Gasteiger partial charge in [0.05, 0.1) is 6.42 Å². The van der Waals surface area contributed by atoms with Gasteiger partial charge in [0.15, 0.2) is 5.65 Å². The van der Waals surface area contributed by atoms with Gasteiger partial charge in [0.1, 0.15) is 5.52 Å². The van der Waals surface area contributed by atoms with Gasteiger partial charge in [-0.1, -0.05) is 11.3 Å². The minimum Gasteiger partial charge on any atom is -0.481 e. The fraction of sp³-hybridized carbons (Fsp3) is 0.263. The first-order valence-corrected chi connectivity index (χ1v) is 9.83.